The monoisotopic (exact) mass is 295 g/mol. The molecule has 7 nitrogen and oxygen atoms in total. The van der Waals surface area contributed by atoms with Crippen molar-refractivity contribution in [1.82, 2.24) is 19.5 Å². The topological polar surface area (TPSA) is 103 Å². The summed E-state index contributed by atoms with van der Waals surface area (Å²) in [6.45, 7) is 4.15. The standard InChI is InChI=1S/C12H17N5O2S/c1-3-17-8-11(12(13)15-17)20(18,19)16-9(2)10-5-4-6-14-7-10/h4-9,16H,3H2,1-2H3,(H2,13,15). The van der Waals surface area contributed by atoms with Crippen LogP contribution in [0.1, 0.15) is 25.5 Å². The van der Waals surface area contributed by atoms with Crippen LogP contribution in [0.15, 0.2) is 35.6 Å². The number of nitrogen functional groups attached to an aromatic ring is 1. The quantitative estimate of drug-likeness (QED) is 0.853. The van der Waals surface area contributed by atoms with Gasteiger partial charge >= 0.3 is 0 Å². The molecule has 0 amide bonds. The molecule has 20 heavy (non-hydrogen) atoms. The van der Waals surface area contributed by atoms with Crippen molar-refractivity contribution in [1.29, 1.82) is 0 Å². The SMILES string of the molecule is CCn1cc(S(=O)(=O)NC(C)c2cccnc2)c(N)n1. The Morgan fingerprint density at radius 2 is 2.25 bits per heavy atom. The average Bonchev–Trinajstić information content (AvgIpc) is 2.81. The molecule has 108 valence electrons. The fourth-order valence-electron chi connectivity index (χ4n) is 1.78. The van der Waals surface area contributed by atoms with Crippen molar-refractivity contribution in [2.45, 2.75) is 31.3 Å². The van der Waals surface area contributed by atoms with Gasteiger partial charge in [0.15, 0.2) is 5.82 Å². The molecule has 0 aliphatic rings. The summed E-state index contributed by atoms with van der Waals surface area (Å²) in [5.41, 5.74) is 6.43. The zero-order valence-corrected chi connectivity index (χ0v) is 12.1. The third-order valence-corrected chi connectivity index (χ3v) is 4.44. The predicted molar refractivity (Wildman–Crippen MR) is 75.3 cm³/mol. The molecule has 0 saturated heterocycles. The van der Waals surface area contributed by atoms with Crippen molar-refractivity contribution >= 4 is 15.8 Å². The van der Waals surface area contributed by atoms with Gasteiger partial charge in [-0.3, -0.25) is 9.67 Å². The maximum atomic E-state index is 12.3. The lowest BCUT2D eigenvalue weighted by Gasteiger charge is -2.13. The first-order valence-electron chi connectivity index (χ1n) is 6.19. The molecule has 0 radical (unpaired) electrons. The Balaban J connectivity index is 2.25. The summed E-state index contributed by atoms with van der Waals surface area (Å²) in [7, 11) is -3.71. The predicted octanol–water partition coefficient (Wildman–Crippen LogP) is 0.920. The molecule has 3 N–H and O–H groups in total. The number of nitrogens with one attached hydrogen (secondary N) is 1. The van der Waals surface area contributed by atoms with Crippen LogP contribution < -0.4 is 10.5 Å². The smallest absolute Gasteiger partial charge is 0.246 e. The molecule has 0 aliphatic carbocycles. The van der Waals surface area contributed by atoms with E-state index in [1.54, 1.807) is 31.5 Å². The van der Waals surface area contributed by atoms with Gasteiger partial charge in [0.1, 0.15) is 4.90 Å². The summed E-state index contributed by atoms with van der Waals surface area (Å²) in [6, 6.07) is 3.15. The molecule has 0 spiro atoms. The normalized spacial score (nSPS) is 13.3. The van der Waals surface area contributed by atoms with Crippen molar-refractivity contribution in [2.24, 2.45) is 0 Å². The third kappa shape index (κ3) is 2.97. The minimum Gasteiger partial charge on any atom is -0.381 e. The first-order valence-corrected chi connectivity index (χ1v) is 7.67. The number of rotatable bonds is 5. The lowest BCUT2D eigenvalue weighted by atomic mass is 10.2. The highest BCUT2D eigenvalue weighted by molar-refractivity contribution is 7.89. The zero-order valence-electron chi connectivity index (χ0n) is 11.3. The fourth-order valence-corrected chi connectivity index (χ4v) is 3.09. The van der Waals surface area contributed by atoms with Gasteiger partial charge in [-0.05, 0) is 25.5 Å². The van der Waals surface area contributed by atoms with E-state index < -0.39 is 16.1 Å². The Morgan fingerprint density at radius 1 is 1.50 bits per heavy atom. The van der Waals surface area contributed by atoms with E-state index >= 15 is 0 Å². The molecule has 2 aromatic rings. The third-order valence-electron chi connectivity index (χ3n) is 2.88. The number of hydrogen-bond acceptors (Lipinski definition) is 5. The van der Waals surface area contributed by atoms with Crippen molar-refractivity contribution in [3.8, 4) is 0 Å². The van der Waals surface area contributed by atoms with E-state index in [-0.39, 0.29) is 10.7 Å². The van der Waals surface area contributed by atoms with Gasteiger partial charge in [-0.1, -0.05) is 6.07 Å². The van der Waals surface area contributed by atoms with E-state index in [2.05, 4.69) is 14.8 Å². The highest BCUT2D eigenvalue weighted by Crippen LogP contribution is 2.19. The summed E-state index contributed by atoms with van der Waals surface area (Å²) < 4.78 is 28.7. The molecule has 0 aromatic carbocycles. The fraction of sp³-hybridized carbons (Fsp3) is 0.333. The lowest BCUT2D eigenvalue weighted by Crippen LogP contribution is -2.27. The molecule has 0 bridgehead atoms. The first kappa shape index (κ1) is 14.5. The van der Waals surface area contributed by atoms with Crippen molar-refractivity contribution in [3.63, 3.8) is 0 Å². The number of aryl methyl sites for hydroxylation is 1. The summed E-state index contributed by atoms with van der Waals surface area (Å²) in [5.74, 6) is -0.00210. The number of sulfonamides is 1. The maximum absolute atomic E-state index is 12.3. The van der Waals surface area contributed by atoms with Crippen LogP contribution in [0.5, 0.6) is 0 Å². The van der Waals surface area contributed by atoms with Crippen LogP contribution in [0.3, 0.4) is 0 Å². The zero-order chi connectivity index (χ0) is 14.8. The highest BCUT2D eigenvalue weighted by Gasteiger charge is 2.23. The van der Waals surface area contributed by atoms with Gasteiger partial charge in [-0.2, -0.15) is 5.10 Å². The summed E-state index contributed by atoms with van der Waals surface area (Å²) in [6.07, 6.45) is 4.67. The van der Waals surface area contributed by atoms with Gasteiger partial charge in [0, 0.05) is 31.2 Å². The lowest BCUT2D eigenvalue weighted by molar-refractivity contribution is 0.566. The minimum atomic E-state index is -3.71. The van der Waals surface area contributed by atoms with Crippen LogP contribution in [0.2, 0.25) is 0 Å². The molecule has 8 heteroatoms. The number of nitrogens with two attached hydrogens (primary N) is 1. The number of hydrogen-bond donors (Lipinski definition) is 2. The van der Waals surface area contributed by atoms with E-state index in [4.69, 9.17) is 5.73 Å². The second-order valence-corrected chi connectivity index (χ2v) is 6.05. The van der Waals surface area contributed by atoms with E-state index in [1.807, 2.05) is 6.92 Å². The van der Waals surface area contributed by atoms with Crippen LogP contribution >= 0.6 is 0 Å². The van der Waals surface area contributed by atoms with Crippen LogP contribution in [-0.2, 0) is 16.6 Å². The molecule has 0 aliphatic heterocycles. The van der Waals surface area contributed by atoms with E-state index in [9.17, 15) is 8.42 Å². The number of nitrogens with zero attached hydrogens (tertiary/aromatic N) is 3. The molecule has 1 unspecified atom stereocenters. The number of aromatic nitrogens is 3. The van der Waals surface area contributed by atoms with Crippen molar-refractivity contribution in [2.75, 3.05) is 5.73 Å². The molecule has 2 heterocycles. The van der Waals surface area contributed by atoms with Gasteiger partial charge in [0.05, 0.1) is 0 Å². The van der Waals surface area contributed by atoms with Gasteiger partial charge in [-0.25, -0.2) is 13.1 Å². The van der Waals surface area contributed by atoms with Crippen LogP contribution in [0.25, 0.3) is 0 Å². The molecule has 1 atom stereocenters. The molecule has 2 aromatic heterocycles. The van der Waals surface area contributed by atoms with Gasteiger partial charge in [-0.15, -0.1) is 0 Å². The Morgan fingerprint density at radius 3 is 2.80 bits per heavy atom. The van der Waals surface area contributed by atoms with Gasteiger partial charge in [0.2, 0.25) is 10.0 Å². The molecule has 2 rings (SSSR count). The van der Waals surface area contributed by atoms with E-state index in [0.29, 0.717) is 6.54 Å². The Labute approximate surface area is 117 Å². The maximum Gasteiger partial charge on any atom is 0.246 e. The second kappa shape index (κ2) is 5.59. The van der Waals surface area contributed by atoms with E-state index in [0.717, 1.165) is 5.56 Å². The van der Waals surface area contributed by atoms with Crippen LogP contribution in [-0.4, -0.2) is 23.2 Å². The van der Waals surface area contributed by atoms with Crippen molar-refractivity contribution in [3.05, 3.63) is 36.3 Å². The van der Waals surface area contributed by atoms with Crippen molar-refractivity contribution < 1.29 is 8.42 Å². The molecule has 0 saturated carbocycles. The van der Waals surface area contributed by atoms with Gasteiger partial charge < -0.3 is 5.73 Å². The Bertz CT molecular complexity index is 681. The first-order chi connectivity index (χ1) is 9.44. The number of pyridine rings is 1. The summed E-state index contributed by atoms with van der Waals surface area (Å²) in [4.78, 5) is 3.96. The largest absolute Gasteiger partial charge is 0.381 e. The minimum absolute atomic E-state index is 0.00210. The number of anilines is 1. The summed E-state index contributed by atoms with van der Waals surface area (Å²) in [5, 5.41) is 3.94. The Kier molecular flexibility index (Phi) is 4.05. The molecular weight excluding hydrogens is 278 g/mol. The van der Waals surface area contributed by atoms with Crippen LogP contribution in [0, 0.1) is 0 Å². The average molecular weight is 295 g/mol. The highest BCUT2D eigenvalue weighted by atomic mass is 32.2. The van der Waals surface area contributed by atoms with E-state index in [1.165, 1.54) is 10.9 Å². The molecule has 0 fully saturated rings. The van der Waals surface area contributed by atoms with Crippen LogP contribution in [0.4, 0.5) is 5.82 Å². The second-order valence-electron chi connectivity index (χ2n) is 4.36. The molecular formula is C12H17N5O2S. The Hall–Kier alpha value is -1.93. The summed E-state index contributed by atoms with van der Waals surface area (Å²) >= 11 is 0. The van der Waals surface area contributed by atoms with Gasteiger partial charge in [0.25, 0.3) is 0 Å².